The number of carbonyl (C=O) groups is 2. The molecule has 8 nitrogen and oxygen atoms in total. The SMILES string of the molecule is C=CCn1c(SCC(=O)Nc2sc3c(c2C(N)=O)CCC(C)C3)nnc1C(C)Oc1cc(C)c(Cl)c(C)c1. The maximum Gasteiger partial charge on any atom is 0.251 e. The Hall–Kier alpha value is -2.82. The minimum atomic E-state index is -0.504. The van der Waals surface area contributed by atoms with Gasteiger partial charge in [-0.05, 0) is 74.8 Å². The van der Waals surface area contributed by atoms with Crippen molar-refractivity contribution >= 4 is 51.5 Å². The van der Waals surface area contributed by atoms with E-state index in [2.05, 4.69) is 29.0 Å². The van der Waals surface area contributed by atoms with Gasteiger partial charge < -0.3 is 15.8 Å². The number of fused-ring (bicyclic) bond motifs is 1. The van der Waals surface area contributed by atoms with Gasteiger partial charge in [-0.15, -0.1) is 28.1 Å². The normalized spacial score (nSPS) is 15.6. The van der Waals surface area contributed by atoms with Crippen LogP contribution < -0.4 is 15.8 Å². The number of thiophene rings is 1. The van der Waals surface area contributed by atoms with Gasteiger partial charge in [0.15, 0.2) is 17.1 Å². The van der Waals surface area contributed by atoms with E-state index in [1.807, 2.05) is 37.5 Å². The lowest BCUT2D eigenvalue weighted by atomic mass is 9.88. The third-order valence-electron chi connectivity index (χ3n) is 6.49. The second kappa shape index (κ2) is 11.9. The van der Waals surface area contributed by atoms with Gasteiger partial charge >= 0.3 is 0 Å². The minimum Gasteiger partial charge on any atom is -0.483 e. The average molecular weight is 574 g/mol. The van der Waals surface area contributed by atoms with Crippen LogP contribution >= 0.6 is 34.7 Å². The first-order valence-corrected chi connectivity index (χ1v) is 14.6. The first-order chi connectivity index (χ1) is 18.1. The molecule has 38 heavy (non-hydrogen) atoms. The number of aryl methyl sites for hydroxylation is 2. The van der Waals surface area contributed by atoms with E-state index in [0.717, 1.165) is 45.9 Å². The number of amides is 2. The second-order valence-electron chi connectivity index (χ2n) is 9.63. The molecule has 11 heteroatoms. The number of benzene rings is 1. The van der Waals surface area contributed by atoms with Gasteiger partial charge in [-0.2, -0.15) is 0 Å². The molecule has 0 saturated carbocycles. The van der Waals surface area contributed by atoms with Gasteiger partial charge in [0, 0.05) is 16.4 Å². The summed E-state index contributed by atoms with van der Waals surface area (Å²) < 4.78 is 8.04. The molecule has 3 N–H and O–H groups in total. The lowest BCUT2D eigenvalue weighted by molar-refractivity contribution is -0.113. The first-order valence-electron chi connectivity index (χ1n) is 12.4. The number of nitrogens with one attached hydrogen (secondary N) is 1. The van der Waals surface area contributed by atoms with Crippen LogP contribution in [0.1, 0.15) is 64.1 Å². The third kappa shape index (κ3) is 6.08. The molecule has 2 amide bonds. The Bertz CT molecular complexity index is 1360. The number of halogens is 1. The molecule has 2 atom stereocenters. The summed E-state index contributed by atoms with van der Waals surface area (Å²) in [6.45, 7) is 12.3. The van der Waals surface area contributed by atoms with Gasteiger partial charge in [-0.3, -0.25) is 14.2 Å². The summed E-state index contributed by atoms with van der Waals surface area (Å²) in [6, 6.07) is 3.78. The number of anilines is 1. The van der Waals surface area contributed by atoms with E-state index < -0.39 is 12.0 Å². The number of carbonyl (C=O) groups excluding carboxylic acids is 2. The number of aromatic nitrogens is 3. The van der Waals surface area contributed by atoms with Crippen LogP contribution in [0, 0.1) is 19.8 Å². The molecule has 0 radical (unpaired) electrons. The van der Waals surface area contributed by atoms with E-state index in [4.69, 9.17) is 22.1 Å². The van der Waals surface area contributed by atoms with Crippen LogP contribution in [0.3, 0.4) is 0 Å². The van der Waals surface area contributed by atoms with Gasteiger partial charge in [0.25, 0.3) is 5.91 Å². The quantitative estimate of drug-likeness (QED) is 0.231. The molecular weight excluding hydrogens is 542 g/mol. The summed E-state index contributed by atoms with van der Waals surface area (Å²) in [7, 11) is 0. The maximum absolute atomic E-state index is 12.9. The number of primary amides is 1. The molecule has 3 aromatic rings. The zero-order valence-corrected chi connectivity index (χ0v) is 24.4. The van der Waals surface area contributed by atoms with Crippen LogP contribution in [0.5, 0.6) is 5.75 Å². The summed E-state index contributed by atoms with van der Waals surface area (Å²) in [5.41, 5.74) is 8.99. The minimum absolute atomic E-state index is 0.0945. The first kappa shape index (κ1) is 28.2. The van der Waals surface area contributed by atoms with Crippen molar-refractivity contribution < 1.29 is 14.3 Å². The molecule has 0 saturated heterocycles. The van der Waals surface area contributed by atoms with Crippen molar-refractivity contribution in [1.82, 2.24) is 14.8 Å². The topological polar surface area (TPSA) is 112 Å². The van der Waals surface area contributed by atoms with Gasteiger partial charge in [0.2, 0.25) is 5.91 Å². The highest BCUT2D eigenvalue weighted by molar-refractivity contribution is 7.99. The summed E-state index contributed by atoms with van der Waals surface area (Å²) in [5, 5.41) is 13.4. The molecule has 0 spiro atoms. The zero-order valence-electron chi connectivity index (χ0n) is 22.0. The highest BCUT2D eigenvalue weighted by Crippen LogP contribution is 2.39. The largest absolute Gasteiger partial charge is 0.483 e. The standard InChI is InChI=1S/C27H32ClN5O3S2/c1-6-9-33-25(17(5)36-18-11-15(3)23(28)16(4)12-18)31-32-27(33)37-13-21(34)30-26-22(24(29)35)19-8-7-14(2)10-20(19)38-26/h6,11-12,14,17H,1,7-10,13H2,2-5H3,(H2,29,35)(H,30,34). The van der Waals surface area contributed by atoms with E-state index in [-0.39, 0.29) is 11.7 Å². The Kier molecular flexibility index (Phi) is 8.85. The summed E-state index contributed by atoms with van der Waals surface area (Å²) in [5.74, 6) is 1.21. The number of rotatable bonds is 10. The average Bonchev–Trinajstić information content (AvgIpc) is 3.41. The van der Waals surface area contributed by atoms with Gasteiger partial charge in [0.05, 0.1) is 11.3 Å². The van der Waals surface area contributed by atoms with Gasteiger partial charge in [-0.1, -0.05) is 36.4 Å². The molecule has 1 aromatic carbocycles. The van der Waals surface area contributed by atoms with Crippen LogP contribution in [0.25, 0.3) is 0 Å². The van der Waals surface area contributed by atoms with Crippen molar-refractivity contribution in [2.75, 3.05) is 11.1 Å². The molecule has 0 aliphatic heterocycles. The number of nitrogens with zero attached hydrogens (tertiary/aromatic N) is 3. The highest BCUT2D eigenvalue weighted by Gasteiger charge is 2.27. The fourth-order valence-corrected chi connectivity index (χ4v) is 6.93. The Morgan fingerprint density at radius 2 is 2.08 bits per heavy atom. The molecule has 1 aliphatic carbocycles. The molecule has 2 unspecified atom stereocenters. The lowest BCUT2D eigenvalue weighted by Crippen LogP contribution is -2.20. The molecule has 2 aromatic heterocycles. The Balaban J connectivity index is 1.46. The summed E-state index contributed by atoms with van der Waals surface area (Å²) in [6.07, 6.45) is 4.06. The fourth-order valence-electron chi connectivity index (χ4n) is 4.63. The van der Waals surface area contributed by atoms with Crippen molar-refractivity contribution in [1.29, 1.82) is 0 Å². The van der Waals surface area contributed by atoms with Crippen LogP contribution in [-0.2, 0) is 24.2 Å². The summed E-state index contributed by atoms with van der Waals surface area (Å²) >= 11 is 9.00. The van der Waals surface area contributed by atoms with Crippen LogP contribution in [0.15, 0.2) is 29.9 Å². The molecule has 4 rings (SSSR count). The molecule has 202 valence electrons. The van der Waals surface area contributed by atoms with Gasteiger partial charge in [-0.25, -0.2) is 0 Å². The molecule has 1 aliphatic rings. The van der Waals surface area contributed by atoms with Crippen LogP contribution in [0.2, 0.25) is 5.02 Å². The summed E-state index contributed by atoms with van der Waals surface area (Å²) in [4.78, 5) is 26.2. The van der Waals surface area contributed by atoms with E-state index in [9.17, 15) is 9.59 Å². The van der Waals surface area contributed by atoms with Gasteiger partial charge in [0.1, 0.15) is 10.8 Å². The monoisotopic (exact) mass is 573 g/mol. The van der Waals surface area contributed by atoms with Crippen molar-refractivity contribution in [3.63, 3.8) is 0 Å². The van der Waals surface area contributed by atoms with Crippen LogP contribution in [-0.4, -0.2) is 32.3 Å². The van der Waals surface area contributed by atoms with Crippen LogP contribution in [0.4, 0.5) is 5.00 Å². The number of allylic oxidation sites excluding steroid dienone is 1. The lowest BCUT2D eigenvalue weighted by Gasteiger charge is -2.18. The number of hydrogen-bond acceptors (Lipinski definition) is 7. The predicted octanol–water partition coefficient (Wildman–Crippen LogP) is 5.89. The van der Waals surface area contributed by atoms with E-state index in [1.165, 1.54) is 23.1 Å². The van der Waals surface area contributed by atoms with E-state index in [1.54, 1.807) is 6.08 Å². The van der Waals surface area contributed by atoms with Crippen molar-refractivity contribution in [2.45, 2.75) is 64.8 Å². The Morgan fingerprint density at radius 3 is 2.74 bits per heavy atom. The number of hydrogen-bond donors (Lipinski definition) is 2. The Morgan fingerprint density at radius 1 is 1.37 bits per heavy atom. The predicted molar refractivity (Wildman–Crippen MR) is 154 cm³/mol. The second-order valence-corrected chi connectivity index (χ2v) is 12.1. The Labute approximate surface area is 236 Å². The van der Waals surface area contributed by atoms with E-state index in [0.29, 0.717) is 39.8 Å². The van der Waals surface area contributed by atoms with Crippen molar-refractivity contribution in [3.8, 4) is 5.75 Å². The molecule has 2 heterocycles. The third-order valence-corrected chi connectivity index (χ3v) is 9.22. The number of thioether (sulfide) groups is 1. The molecule has 0 bridgehead atoms. The molecular formula is C27H32ClN5O3S2. The number of ether oxygens (including phenoxy) is 1. The number of nitrogens with two attached hydrogens (primary N) is 1. The van der Waals surface area contributed by atoms with Crippen molar-refractivity contribution in [3.05, 3.63) is 62.8 Å². The zero-order chi connectivity index (χ0) is 27.6. The fraction of sp³-hybridized carbons (Fsp3) is 0.407. The van der Waals surface area contributed by atoms with Crippen molar-refractivity contribution in [2.24, 2.45) is 11.7 Å². The highest BCUT2D eigenvalue weighted by atomic mass is 35.5. The maximum atomic E-state index is 12.9. The van der Waals surface area contributed by atoms with E-state index >= 15 is 0 Å². The smallest absolute Gasteiger partial charge is 0.251 e. The molecule has 0 fully saturated rings.